The Bertz CT molecular complexity index is 874. The number of piperidine rings is 1. The summed E-state index contributed by atoms with van der Waals surface area (Å²) in [6.45, 7) is 6.60. The van der Waals surface area contributed by atoms with Gasteiger partial charge in [0.05, 0.1) is 24.7 Å². The lowest BCUT2D eigenvalue weighted by Crippen LogP contribution is -2.41. The number of morpholine rings is 1. The van der Waals surface area contributed by atoms with Crippen LogP contribution in [0, 0.1) is 12.8 Å². The van der Waals surface area contributed by atoms with Crippen molar-refractivity contribution in [2.45, 2.75) is 19.8 Å². The molecule has 0 spiro atoms. The molecule has 2 aliphatic rings. The van der Waals surface area contributed by atoms with Crippen molar-refractivity contribution < 1.29 is 19.1 Å². The van der Waals surface area contributed by atoms with E-state index >= 15 is 0 Å². The molecule has 1 aromatic carbocycles. The highest BCUT2D eigenvalue weighted by Crippen LogP contribution is 2.23. The number of rotatable bonds is 5. The van der Waals surface area contributed by atoms with E-state index in [9.17, 15) is 9.59 Å². The van der Waals surface area contributed by atoms with Crippen LogP contribution in [0.5, 0.6) is 5.75 Å². The third-order valence-electron chi connectivity index (χ3n) is 5.64. The zero-order chi connectivity index (χ0) is 20.9. The van der Waals surface area contributed by atoms with Gasteiger partial charge in [0, 0.05) is 42.5 Å². The van der Waals surface area contributed by atoms with Gasteiger partial charge < -0.3 is 19.3 Å². The molecule has 0 N–H and O–H groups in total. The van der Waals surface area contributed by atoms with E-state index in [0.717, 1.165) is 41.4 Å². The standard InChI is InChI=1S/C23H28N2O4S/c1-17-4-9-21(30-17)23(27)25-10-2-3-18(15-25)16-29-20-7-5-19(6-8-20)22(26)24-11-13-28-14-12-24/h4-9,18H,2-3,10-16H2,1H3/t18-/m0/s1. The number of likely N-dealkylation sites (tertiary alicyclic amines) is 1. The molecular formula is C23H28N2O4S. The van der Waals surface area contributed by atoms with Crippen LogP contribution in [-0.4, -0.2) is 67.6 Å². The van der Waals surface area contributed by atoms with E-state index in [4.69, 9.17) is 9.47 Å². The number of carbonyl (C=O) groups is 2. The van der Waals surface area contributed by atoms with Crippen LogP contribution in [0.15, 0.2) is 36.4 Å². The van der Waals surface area contributed by atoms with Gasteiger partial charge in [0.15, 0.2) is 0 Å². The maximum Gasteiger partial charge on any atom is 0.263 e. The fourth-order valence-electron chi connectivity index (χ4n) is 3.95. The first-order valence-electron chi connectivity index (χ1n) is 10.6. The van der Waals surface area contributed by atoms with Crippen molar-refractivity contribution in [3.63, 3.8) is 0 Å². The first-order valence-corrected chi connectivity index (χ1v) is 11.4. The Morgan fingerprint density at radius 2 is 1.80 bits per heavy atom. The van der Waals surface area contributed by atoms with Gasteiger partial charge in [-0.05, 0) is 56.2 Å². The lowest BCUT2D eigenvalue weighted by Gasteiger charge is -2.32. The van der Waals surface area contributed by atoms with E-state index < -0.39 is 0 Å². The first-order chi connectivity index (χ1) is 14.6. The fraction of sp³-hybridized carbons (Fsp3) is 0.478. The molecule has 0 radical (unpaired) electrons. The summed E-state index contributed by atoms with van der Waals surface area (Å²) in [6, 6.07) is 11.3. The van der Waals surface area contributed by atoms with Crippen molar-refractivity contribution in [1.29, 1.82) is 0 Å². The normalized spacial score (nSPS) is 19.6. The van der Waals surface area contributed by atoms with Crippen molar-refractivity contribution in [3.05, 3.63) is 51.7 Å². The van der Waals surface area contributed by atoms with Crippen molar-refractivity contribution in [1.82, 2.24) is 9.80 Å². The topological polar surface area (TPSA) is 59.1 Å². The zero-order valence-corrected chi connectivity index (χ0v) is 18.2. The molecule has 0 bridgehead atoms. The number of benzene rings is 1. The molecule has 2 saturated heterocycles. The molecule has 0 aliphatic carbocycles. The first kappa shape index (κ1) is 20.9. The third-order valence-corrected chi connectivity index (χ3v) is 6.63. The predicted octanol–water partition coefficient (Wildman–Crippen LogP) is 3.46. The molecule has 6 nitrogen and oxygen atoms in total. The SMILES string of the molecule is Cc1ccc(C(=O)N2CCC[C@H](COc3ccc(C(=O)N4CCOCC4)cc3)C2)s1. The van der Waals surface area contributed by atoms with Crippen LogP contribution in [0.25, 0.3) is 0 Å². The highest BCUT2D eigenvalue weighted by atomic mass is 32.1. The lowest BCUT2D eigenvalue weighted by molar-refractivity contribution is 0.0303. The number of ether oxygens (including phenoxy) is 2. The monoisotopic (exact) mass is 428 g/mol. The van der Waals surface area contributed by atoms with E-state index in [1.807, 2.05) is 53.1 Å². The number of hydrogen-bond donors (Lipinski definition) is 0. The molecule has 3 heterocycles. The largest absolute Gasteiger partial charge is 0.493 e. The Morgan fingerprint density at radius 1 is 1.03 bits per heavy atom. The van der Waals surface area contributed by atoms with Crippen molar-refractivity contribution in [3.8, 4) is 5.75 Å². The molecule has 1 aromatic heterocycles. The second-order valence-corrected chi connectivity index (χ2v) is 9.20. The molecule has 4 rings (SSSR count). The average molecular weight is 429 g/mol. The van der Waals surface area contributed by atoms with Crippen LogP contribution in [0.1, 0.15) is 37.7 Å². The number of carbonyl (C=O) groups excluding carboxylic acids is 2. The Hall–Kier alpha value is -2.38. The number of nitrogens with zero attached hydrogens (tertiary/aromatic N) is 2. The Morgan fingerprint density at radius 3 is 2.50 bits per heavy atom. The average Bonchev–Trinajstić information content (AvgIpc) is 3.24. The Kier molecular flexibility index (Phi) is 6.69. The summed E-state index contributed by atoms with van der Waals surface area (Å²) in [5.41, 5.74) is 0.671. The molecule has 7 heteroatoms. The predicted molar refractivity (Wildman–Crippen MR) is 116 cm³/mol. The van der Waals surface area contributed by atoms with Gasteiger partial charge >= 0.3 is 0 Å². The maximum atomic E-state index is 12.7. The van der Waals surface area contributed by atoms with Crippen LogP contribution in [0.2, 0.25) is 0 Å². The van der Waals surface area contributed by atoms with E-state index in [1.165, 1.54) is 0 Å². The van der Waals surface area contributed by atoms with Gasteiger partial charge in [-0.1, -0.05) is 0 Å². The number of aryl methyl sites for hydroxylation is 1. The summed E-state index contributed by atoms with van der Waals surface area (Å²) in [5.74, 6) is 1.24. The summed E-state index contributed by atoms with van der Waals surface area (Å²) >= 11 is 1.55. The minimum absolute atomic E-state index is 0.0371. The summed E-state index contributed by atoms with van der Waals surface area (Å²) in [5, 5.41) is 0. The number of amides is 2. The van der Waals surface area contributed by atoms with Gasteiger partial charge in [0.2, 0.25) is 0 Å². The minimum atomic E-state index is 0.0371. The molecule has 2 aromatic rings. The van der Waals surface area contributed by atoms with Crippen LogP contribution < -0.4 is 4.74 Å². The van der Waals surface area contributed by atoms with Crippen molar-refractivity contribution in [2.24, 2.45) is 5.92 Å². The minimum Gasteiger partial charge on any atom is -0.493 e. The molecule has 0 saturated carbocycles. The second-order valence-electron chi connectivity index (χ2n) is 7.91. The van der Waals surface area contributed by atoms with Gasteiger partial charge in [0.1, 0.15) is 5.75 Å². The molecule has 160 valence electrons. The number of thiophene rings is 1. The summed E-state index contributed by atoms with van der Waals surface area (Å²) < 4.78 is 11.3. The van der Waals surface area contributed by atoms with Gasteiger partial charge in [-0.3, -0.25) is 9.59 Å². The molecular weight excluding hydrogens is 400 g/mol. The lowest BCUT2D eigenvalue weighted by atomic mass is 9.99. The van der Waals surface area contributed by atoms with E-state index in [-0.39, 0.29) is 11.8 Å². The third kappa shape index (κ3) is 5.02. The van der Waals surface area contributed by atoms with Gasteiger partial charge in [-0.2, -0.15) is 0 Å². The van der Waals surface area contributed by atoms with Crippen molar-refractivity contribution >= 4 is 23.2 Å². The second kappa shape index (κ2) is 9.62. The van der Waals surface area contributed by atoms with E-state index in [1.54, 1.807) is 11.3 Å². The van der Waals surface area contributed by atoms with Crippen LogP contribution >= 0.6 is 11.3 Å². The van der Waals surface area contributed by atoms with E-state index in [0.29, 0.717) is 44.4 Å². The fourth-order valence-corrected chi connectivity index (χ4v) is 4.78. The zero-order valence-electron chi connectivity index (χ0n) is 17.3. The molecule has 2 aliphatic heterocycles. The number of hydrogen-bond acceptors (Lipinski definition) is 5. The summed E-state index contributed by atoms with van der Waals surface area (Å²) in [6.07, 6.45) is 2.05. The smallest absolute Gasteiger partial charge is 0.263 e. The summed E-state index contributed by atoms with van der Waals surface area (Å²) in [4.78, 5) is 31.0. The van der Waals surface area contributed by atoms with E-state index in [2.05, 4.69) is 0 Å². The quantitative estimate of drug-likeness (QED) is 0.732. The summed E-state index contributed by atoms with van der Waals surface area (Å²) in [7, 11) is 0. The highest BCUT2D eigenvalue weighted by Gasteiger charge is 2.26. The Labute approximate surface area is 181 Å². The highest BCUT2D eigenvalue weighted by molar-refractivity contribution is 7.13. The molecule has 0 unspecified atom stereocenters. The molecule has 2 amide bonds. The van der Waals surface area contributed by atoms with Gasteiger partial charge in [-0.15, -0.1) is 11.3 Å². The van der Waals surface area contributed by atoms with Gasteiger partial charge in [-0.25, -0.2) is 0 Å². The van der Waals surface area contributed by atoms with Crippen molar-refractivity contribution in [2.75, 3.05) is 46.0 Å². The molecule has 1 atom stereocenters. The molecule has 2 fully saturated rings. The molecule has 30 heavy (non-hydrogen) atoms. The van der Waals surface area contributed by atoms with Gasteiger partial charge in [0.25, 0.3) is 11.8 Å². The van der Waals surface area contributed by atoms with Crippen LogP contribution in [0.4, 0.5) is 0 Å². The van der Waals surface area contributed by atoms with Crippen LogP contribution in [0.3, 0.4) is 0 Å². The maximum absolute atomic E-state index is 12.7. The van der Waals surface area contributed by atoms with Crippen LogP contribution in [-0.2, 0) is 4.74 Å². The Balaban J connectivity index is 1.28.